The van der Waals surface area contributed by atoms with Crippen LogP contribution in [0.1, 0.15) is 42.2 Å². The van der Waals surface area contributed by atoms with Gasteiger partial charge in [0.2, 0.25) is 0 Å². The highest BCUT2D eigenvalue weighted by Crippen LogP contribution is 2.66. The second-order valence-corrected chi connectivity index (χ2v) is 5.12. The van der Waals surface area contributed by atoms with Crippen molar-refractivity contribution in [3.8, 4) is 0 Å². The Kier molecular flexibility index (Phi) is 1.11. The minimum absolute atomic E-state index is 0.600. The number of rotatable bonds is 0. The Hall–Kier alpha value is -1.04. The molecule has 1 aromatic carbocycles. The molecule has 0 amide bonds. The molecule has 2 bridgehead atoms. The number of fused-ring (bicyclic) bond motifs is 6. The van der Waals surface area contributed by atoms with Crippen molar-refractivity contribution in [1.82, 2.24) is 0 Å². The van der Waals surface area contributed by atoms with E-state index in [-0.39, 0.29) is 0 Å². The van der Waals surface area contributed by atoms with Gasteiger partial charge in [-0.15, -0.1) is 0 Å². The molecule has 1 fully saturated rings. The van der Waals surface area contributed by atoms with Crippen LogP contribution >= 0.6 is 0 Å². The normalized spacial score (nSPS) is 34.6. The van der Waals surface area contributed by atoms with Crippen LogP contribution in [0.25, 0.3) is 0 Å². The molecule has 0 aromatic heterocycles. The van der Waals surface area contributed by atoms with Gasteiger partial charge in [-0.2, -0.15) is 0 Å². The molecule has 3 aliphatic rings. The quantitative estimate of drug-likeness (QED) is 0.538. The molecule has 0 nitrogen and oxygen atoms in total. The van der Waals surface area contributed by atoms with Crippen molar-refractivity contribution in [2.45, 2.75) is 31.1 Å². The van der Waals surface area contributed by atoms with Gasteiger partial charge in [0.05, 0.1) is 0 Å². The number of allylic oxidation sites excluding steroid dienone is 2. The van der Waals surface area contributed by atoms with Gasteiger partial charge >= 0.3 is 0 Å². The van der Waals surface area contributed by atoms with Gasteiger partial charge in [-0.1, -0.05) is 36.4 Å². The van der Waals surface area contributed by atoms with Gasteiger partial charge in [0.1, 0.15) is 0 Å². The Morgan fingerprint density at radius 3 is 2.64 bits per heavy atom. The van der Waals surface area contributed by atoms with Crippen molar-refractivity contribution >= 4 is 0 Å². The Labute approximate surface area is 84.6 Å². The predicted molar refractivity (Wildman–Crippen MR) is 57.3 cm³/mol. The molecule has 3 aliphatic carbocycles. The molecule has 1 aromatic rings. The third-order valence-corrected chi connectivity index (χ3v) is 4.44. The zero-order valence-corrected chi connectivity index (χ0v) is 8.24. The van der Waals surface area contributed by atoms with Crippen LogP contribution in [0.5, 0.6) is 0 Å². The molecule has 70 valence electrons. The van der Waals surface area contributed by atoms with Crippen LogP contribution in [0.15, 0.2) is 36.4 Å². The van der Waals surface area contributed by atoms with Crippen molar-refractivity contribution in [3.63, 3.8) is 0 Å². The van der Waals surface area contributed by atoms with E-state index >= 15 is 0 Å². The first-order chi connectivity index (χ1) is 6.89. The minimum Gasteiger partial charge on any atom is -0.0811 e. The standard InChI is InChI=1S/C14H14/c1-2-4-12-11(3-1)10-5-6-14(7-8-14)13(12)9-10/h1-6,10,13H,7-9H2. The molecule has 2 unspecified atom stereocenters. The lowest BCUT2D eigenvalue weighted by Crippen LogP contribution is -2.11. The smallest absolute Gasteiger partial charge is 0.00271 e. The Morgan fingerprint density at radius 1 is 1.07 bits per heavy atom. The predicted octanol–water partition coefficient (Wildman–Crippen LogP) is 3.61. The number of benzene rings is 1. The molecule has 0 aliphatic heterocycles. The van der Waals surface area contributed by atoms with E-state index in [0.29, 0.717) is 5.41 Å². The van der Waals surface area contributed by atoms with E-state index in [1.54, 1.807) is 11.1 Å². The molecular weight excluding hydrogens is 168 g/mol. The lowest BCUT2D eigenvalue weighted by atomic mass is 9.80. The maximum absolute atomic E-state index is 2.52. The maximum Gasteiger partial charge on any atom is 0.00271 e. The summed E-state index contributed by atoms with van der Waals surface area (Å²) < 4.78 is 0. The van der Waals surface area contributed by atoms with Crippen molar-refractivity contribution < 1.29 is 0 Å². The molecule has 0 radical (unpaired) electrons. The average Bonchev–Trinajstić information content (AvgIpc) is 2.94. The van der Waals surface area contributed by atoms with Crippen molar-refractivity contribution in [2.24, 2.45) is 5.41 Å². The van der Waals surface area contributed by atoms with Crippen LogP contribution in [0.4, 0.5) is 0 Å². The van der Waals surface area contributed by atoms with Crippen molar-refractivity contribution in [1.29, 1.82) is 0 Å². The summed E-state index contributed by atoms with van der Waals surface area (Å²) in [7, 11) is 0. The van der Waals surface area contributed by atoms with E-state index in [4.69, 9.17) is 0 Å². The van der Waals surface area contributed by atoms with Gasteiger partial charge in [0.15, 0.2) is 0 Å². The highest BCUT2D eigenvalue weighted by molar-refractivity contribution is 5.47. The van der Waals surface area contributed by atoms with E-state index in [9.17, 15) is 0 Å². The molecule has 0 heterocycles. The first-order valence-electron chi connectivity index (χ1n) is 5.67. The first-order valence-corrected chi connectivity index (χ1v) is 5.67. The molecule has 14 heavy (non-hydrogen) atoms. The van der Waals surface area contributed by atoms with Gasteiger partial charge in [-0.3, -0.25) is 0 Å². The second-order valence-electron chi connectivity index (χ2n) is 5.12. The Morgan fingerprint density at radius 2 is 1.86 bits per heavy atom. The number of hydrogen-bond acceptors (Lipinski definition) is 0. The Bertz CT molecular complexity index is 423. The summed E-state index contributed by atoms with van der Waals surface area (Å²) in [6, 6.07) is 9.07. The van der Waals surface area contributed by atoms with Crippen molar-refractivity contribution in [3.05, 3.63) is 47.5 Å². The topological polar surface area (TPSA) is 0 Å². The molecule has 1 spiro atoms. The molecule has 1 saturated carbocycles. The fourth-order valence-electron chi connectivity index (χ4n) is 3.48. The molecule has 0 N–H and O–H groups in total. The Balaban J connectivity index is 1.97. The van der Waals surface area contributed by atoms with E-state index in [1.807, 2.05) is 0 Å². The lowest BCUT2D eigenvalue weighted by Gasteiger charge is -2.23. The van der Waals surface area contributed by atoms with Gasteiger partial charge in [-0.05, 0) is 41.7 Å². The van der Waals surface area contributed by atoms with Crippen LogP contribution in [-0.4, -0.2) is 0 Å². The van der Waals surface area contributed by atoms with Crippen LogP contribution in [-0.2, 0) is 0 Å². The zero-order chi connectivity index (χ0) is 9.17. The summed E-state index contributed by atoms with van der Waals surface area (Å²) in [6.07, 6.45) is 9.22. The van der Waals surface area contributed by atoms with E-state index in [1.165, 1.54) is 19.3 Å². The monoisotopic (exact) mass is 182 g/mol. The highest BCUT2D eigenvalue weighted by atomic mass is 14.6. The van der Waals surface area contributed by atoms with E-state index in [2.05, 4.69) is 36.4 Å². The summed E-state index contributed by atoms with van der Waals surface area (Å²) in [5.41, 5.74) is 3.86. The van der Waals surface area contributed by atoms with Gasteiger partial charge in [0, 0.05) is 5.92 Å². The summed E-state index contributed by atoms with van der Waals surface area (Å²) in [5.74, 6) is 1.59. The van der Waals surface area contributed by atoms with Gasteiger partial charge in [0.25, 0.3) is 0 Å². The van der Waals surface area contributed by atoms with E-state index in [0.717, 1.165) is 11.8 Å². The van der Waals surface area contributed by atoms with E-state index < -0.39 is 0 Å². The molecule has 2 atom stereocenters. The minimum atomic E-state index is 0.600. The third-order valence-electron chi connectivity index (χ3n) is 4.44. The molecule has 0 heteroatoms. The van der Waals surface area contributed by atoms with Gasteiger partial charge < -0.3 is 0 Å². The summed E-state index contributed by atoms with van der Waals surface area (Å²) in [4.78, 5) is 0. The van der Waals surface area contributed by atoms with Crippen molar-refractivity contribution in [2.75, 3.05) is 0 Å². The van der Waals surface area contributed by atoms with Crippen LogP contribution in [0, 0.1) is 5.41 Å². The highest BCUT2D eigenvalue weighted by Gasteiger charge is 2.53. The molecular formula is C14H14. The molecule has 4 rings (SSSR count). The lowest BCUT2D eigenvalue weighted by molar-refractivity contribution is 0.454. The van der Waals surface area contributed by atoms with Crippen LogP contribution in [0.2, 0.25) is 0 Å². The average molecular weight is 182 g/mol. The fourth-order valence-corrected chi connectivity index (χ4v) is 3.48. The summed E-state index contributed by atoms with van der Waals surface area (Å²) >= 11 is 0. The zero-order valence-electron chi connectivity index (χ0n) is 8.24. The number of hydrogen-bond donors (Lipinski definition) is 0. The summed E-state index contributed by atoms with van der Waals surface area (Å²) in [6.45, 7) is 0. The largest absolute Gasteiger partial charge is 0.0811 e. The second kappa shape index (κ2) is 2.13. The summed E-state index contributed by atoms with van der Waals surface area (Å²) in [5, 5.41) is 0. The van der Waals surface area contributed by atoms with Gasteiger partial charge in [-0.25, -0.2) is 0 Å². The van der Waals surface area contributed by atoms with Crippen LogP contribution in [0.3, 0.4) is 0 Å². The fraction of sp³-hybridized carbons (Fsp3) is 0.429. The SMILES string of the molecule is C1=CC2(CC2)C2CC1c1ccccc12. The third kappa shape index (κ3) is 0.716. The van der Waals surface area contributed by atoms with Crippen LogP contribution < -0.4 is 0 Å². The molecule has 0 saturated heterocycles. The maximum atomic E-state index is 2.52. The first kappa shape index (κ1) is 7.28.